The zero-order valence-electron chi connectivity index (χ0n) is 16.2. The van der Waals surface area contributed by atoms with E-state index in [4.69, 9.17) is 5.73 Å². The van der Waals surface area contributed by atoms with Gasteiger partial charge in [0, 0.05) is 11.1 Å². The van der Waals surface area contributed by atoms with Crippen LogP contribution in [0.1, 0.15) is 72.5 Å². The Morgan fingerprint density at radius 1 is 0.962 bits per heavy atom. The molecule has 0 spiro atoms. The summed E-state index contributed by atoms with van der Waals surface area (Å²) in [6.45, 7) is 10.7. The van der Waals surface area contributed by atoms with Crippen molar-refractivity contribution in [1.29, 1.82) is 0 Å². The van der Waals surface area contributed by atoms with E-state index in [-0.39, 0.29) is 23.3 Å². The highest BCUT2D eigenvalue weighted by atomic mass is 16.2. The summed E-state index contributed by atoms with van der Waals surface area (Å²) in [7, 11) is 0. The molecule has 0 aliphatic carbocycles. The number of hydrogen-bond acceptors (Lipinski definition) is 2. The van der Waals surface area contributed by atoms with Gasteiger partial charge in [0.05, 0.1) is 6.04 Å². The molecule has 2 rings (SSSR count). The van der Waals surface area contributed by atoms with Crippen LogP contribution in [-0.2, 0) is 5.41 Å². The molecule has 138 valence electrons. The van der Waals surface area contributed by atoms with E-state index in [1.807, 2.05) is 0 Å². The molecule has 0 saturated carbocycles. The number of benzene rings is 2. The topological polar surface area (TPSA) is 72.2 Å². The van der Waals surface area contributed by atoms with Gasteiger partial charge in [0.15, 0.2) is 0 Å². The standard InChI is InChI=1S/C22H28N2O2/c1-14(2)19(15-9-11-18(12-10-15)22(3,4)5)24-21(26)17-8-6-7-16(13-17)20(23)25/h6-14,19H,1-5H3,(H2,23,25)(H,24,26)/t19-/m0/s1. The van der Waals surface area contributed by atoms with E-state index in [9.17, 15) is 9.59 Å². The number of rotatable bonds is 5. The van der Waals surface area contributed by atoms with E-state index in [0.29, 0.717) is 11.1 Å². The Bertz CT molecular complexity index is 787. The molecule has 0 radical (unpaired) electrons. The molecule has 4 heteroatoms. The number of primary amides is 1. The van der Waals surface area contributed by atoms with Crippen LogP contribution < -0.4 is 11.1 Å². The molecule has 0 unspecified atom stereocenters. The number of hydrogen-bond donors (Lipinski definition) is 2. The van der Waals surface area contributed by atoms with Crippen LogP contribution in [0, 0.1) is 5.92 Å². The Morgan fingerprint density at radius 2 is 1.54 bits per heavy atom. The Morgan fingerprint density at radius 3 is 2.04 bits per heavy atom. The minimum absolute atomic E-state index is 0.0876. The first-order valence-electron chi connectivity index (χ1n) is 8.91. The molecule has 2 aromatic rings. The lowest BCUT2D eigenvalue weighted by atomic mass is 9.85. The first kappa shape index (κ1) is 19.7. The molecule has 2 amide bonds. The summed E-state index contributed by atoms with van der Waals surface area (Å²) in [6, 6.07) is 14.7. The summed E-state index contributed by atoms with van der Waals surface area (Å²) in [5.74, 6) is -0.539. The SMILES string of the molecule is CC(C)[C@H](NC(=O)c1cccc(C(N)=O)c1)c1ccc(C(C)(C)C)cc1. The van der Waals surface area contributed by atoms with Crippen molar-refractivity contribution >= 4 is 11.8 Å². The number of carbonyl (C=O) groups excluding carboxylic acids is 2. The van der Waals surface area contributed by atoms with Crippen molar-refractivity contribution in [2.45, 2.75) is 46.1 Å². The Balaban J connectivity index is 2.24. The van der Waals surface area contributed by atoms with Crippen molar-refractivity contribution < 1.29 is 9.59 Å². The molecule has 0 bridgehead atoms. The van der Waals surface area contributed by atoms with Gasteiger partial charge in [0.25, 0.3) is 5.91 Å². The third kappa shape index (κ3) is 4.72. The molecule has 0 aliphatic rings. The van der Waals surface area contributed by atoms with E-state index in [1.165, 1.54) is 11.6 Å². The molecule has 0 saturated heterocycles. The van der Waals surface area contributed by atoms with E-state index in [0.717, 1.165) is 5.56 Å². The molecule has 1 atom stereocenters. The average Bonchev–Trinajstić information content (AvgIpc) is 2.58. The molecule has 4 nitrogen and oxygen atoms in total. The number of amides is 2. The van der Waals surface area contributed by atoms with Crippen molar-refractivity contribution in [3.8, 4) is 0 Å². The van der Waals surface area contributed by atoms with E-state index in [1.54, 1.807) is 18.2 Å². The maximum absolute atomic E-state index is 12.7. The molecule has 26 heavy (non-hydrogen) atoms. The van der Waals surface area contributed by atoms with Gasteiger partial charge in [0.1, 0.15) is 0 Å². The van der Waals surface area contributed by atoms with E-state index < -0.39 is 5.91 Å². The minimum Gasteiger partial charge on any atom is -0.366 e. The van der Waals surface area contributed by atoms with Crippen molar-refractivity contribution in [1.82, 2.24) is 5.32 Å². The molecule has 2 aromatic carbocycles. The average molecular weight is 352 g/mol. The second-order valence-corrected chi connectivity index (χ2v) is 8.01. The Labute approximate surface area is 155 Å². The number of nitrogens with two attached hydrogens (primary N) is 1. The first-order chi connectivity index (χ1) is 12.1. The summed E-state index contributed by atoms with van der Waals surface area (Å²) in [5, 5.41) is 3.08. The fourth-order valence-electron chi connectivity index (χ4n) is 2.86. The number of carbonyl (C=O) groups is 2. The van der Waals surface area contributed by atoms with Crippen LogP contribution in [0.2, 0.25) is 0 Å². The largest absolute Gasteiger partial charge is 0.366 e. The Kier molecular flexibility index (Phi) is 5.86. The summed E-state index contributed by atoms with van der Waals surface area (Å²) >= 11 is 0. The molecule has 3 N–H and O–H groups in total. The van der Waals surface area contributed by atoms with Gasteiger partial charge in [-0.15, -0.1) is 0 Å². The lowest BCUT2D eigenvalue weighted by Gasteiger charge is -2.25. The van der Waals surface area contributed by atoms with Gasteiger partial charge >= 0.3 is 0 Å². The lowest BCUT2D eigenvalue weighted by Crippen LogP contribution is -2.32. The monoisotopic (exact) mass is 352 g/mol. The highest BCUT2D eigenvalue weighted by molar-refractivity contribution is 5.99. The van der Waals surface area contributed by atoms with E-state index >= 15 is 0 Å². The highest BCUT2D eigenvalue weighted by Crippen LogP contribution is 2.27. The zero-order valence-corrected chi connectivity index (χ0v) is 16.2. The van der Waals surface area contributed by atoms with Crippen LogP contribution in [0.5, 0.6) is 0 Å². The van der Waals surface area contributed by atoms with Crippen LogP contribution in [0.3, 0.4) is 0 Å². The summed E-state index contributed by atoms with van der Waals surface area (Å²) in [4.78, 5) is 24.0. The highest BCUT2D eigenvalue weighted by Gasteiger charge is 2.21. The molecular formula is C22H28N2O2. The van der Waals surface area contributed by atoms with Crippen LogP contribution in [-0.4, -0.2) is 11.8 Å². The van der Waals surface area contributed by atoms with Crippen LogP contribution in [0.4, 0.5) is 0 Å². The van der Waals surface area contributed by atoms with Crippen molar-refractivity contribution in [3.63, 3.8) is 0 Å². The van der Waals surface area contributed by atoms with Gasteiger partial charge in [0.2, 0.25) is 5.91 Å². The minimum atomic E-state index is -0.544. The third-order valence-corrected chi connectivity index (χ3v) is 4.50. The Hall–Kier alpha value is -2.62. The second kappa shape index (κ2) is 7.73. The van der Waals surface area contributed by atoms with E-state index in [2.05, 4.69) is 64.2 Å². The van der Waals surface area contributed by atoms with Crippen LogP contribution in [0.25, 0.3) is 0 Å². The normalized spacial score (nSPS) is 12.7. The van der Waals surface area contributed by atoms with Crippen molar-refractivity contribution in [3.05, 3.63) is 70.8 Å². The van der Waals surface area contributed by atoms with Crippen molar-refractivity contribution in [2.24, 2.45) is 11.7 Å². The summed E-state index contributed by atoms with van der Waals surface area (Å²) in [6.07, 6.45) is 0. The van der Waals surface area contributed by atoms with Gasteiger partial charge in [-0.3, -0.25) is 9.59 Å². The van der Waals surface area contributed by atoms with Crippen molar-refractivity contribution in [2.75, 3.05) is 0 Å². The molecular weight excluding hydrogens is 324 g/mol. The van der Waals surface area contributed by atoms with Gasteiger partial charge in [-0.05, 0) is 40.7 Å². The van der Waals surface area contributed by atoms with Gasteiger partial charge in [-0.2, -0.15) is 0 Å². The summed E-state index contributed by atoms with van der Waals surface area (Å²) in [5.41, 5.74) is 8.46. The molecule has 0 heterocycles. The molecule has 0 aromatic heterocycles. The first-order valence-corrected chi connectivity index (χ1v) is 8.91. The van der Waals surface area contributed by atoms with Gasteiger partial charge in [-0.1, -0.05) is 65.0 Å². The smallest absolute Gasteiger partial charge is 0.251 e. The zero-order chi connectivity index (χ0) is 19.5. The lowest BCUT2D eigenvalue weighted by molar-refractivity contribution is 0.0925. The maximum atomic E-state index is 12.7. The summed E-state index contributed by atoms with van der Waals surface area (Å²) < 4.78 is 0. The quantitative estimate of drug-likeness (QED) is 0.846. The molecule has 0 aliphatic heterocycles. The van der Waals surface area contributed by atoms with Gasteiger partial charge in [-0.25, -0.2) is 0 Å². The maximum Gasteiger partial charge on any atom is 0.251 e. The fraction of sp³-hybridized carbons (Fsp3) is 0.364. The van der Waals surface area contributed by atoms with Gasteiger partial charge < -0.3 is 11.1 Å². The van der Waals surface area contributed by atoms with Crippen LogP contribution in [0.15, 0.2) is 48.5 Å². The number of nitrogens with one attached hydrogen (secondary N) is 1. The predicted octanol–water partition coefficient (Wildman–Crippen LogP) is 4.21. The molecule has 0 fully saturated rings. The third-order valence-electron chi connectivity index (χ3n) is 4.50. The second-order valence-electron chi connectivity index (χ2n) is 8.01. The fourth-order valence-corrected chi connectivity index (χ4v) is 2.86. The van der Waals surface area contributed by atoms with Crippen LogP contribution >= 0.6 is 0 Å². The predicted molar refractivity (Wildman–Crippen MR) is 105 cm³/mol.